The van der Waals surface area contributed by atoms with Crippen LogP contribution in [-0.4, -0.2) is 32.8 Å². The first-order chi connectivity index (χ1) is 9.65. The summed E-state index contributed by atoms with van der Waals surface area (Å²) in [5.41, 5.74) is 2.59. The third-order valence-electron chi connectivity index (χ3n) is 3.71. The molecule has 2 rings (SSSR count). The summed E-state index contributed by atoms with van der Waals surface area (Å²) >= 11 is 0. The molecule has 0 atom stereocenters. The molecule has 0 aromatic heterocycles. The minimum atomic E-state index is 0.529. The molecule has 1 aliphatic carbocycles. The summed E-state index contributed by atoms with van der Waals surface area (Å²) < 4.78 is 5.69. The smallest absolute Gasteiger partial charge is 0.0641 e. The summed E-state index contributed by atoms with van der Waals surface area (Å²) in [5.74, 6) is 0.855. The highest BCUT2D eigenvalue weighted by molar-refractivity contribution is 5.46. The van der Waals surface area contributed by atoms with E-state index in [0.29, 0.717) is 6.04 Å². The van der Waals surface area contributed by atoms with Gasteiger partial charge in [0.1, 0.15) is 0 Å². The van der Waals surface area contributed by atoms with Crippen molar-refractivity contribution >= 4 is 5.69 Å². The van der Waals surface area contributed by atoms with Crippen LogP contribution in [0.15, 0.2) is 24.3 Å². The number of likely N-dealkylation sites (N-methyl/N-ethyl adjacent to an activating group) is 1. The van der Waals surface area contributed by atoms with Crippen molar-refractivity contribution in [3.05, 3.63) is 29.8 Å². The van der Waals surface area contributed by atoms with Crippen LogP contribution in [-0.2, 0) is 11.3 Å². The van der Waals surface area contributed by atoms with Crippen molar-refractivity contribution in [1.82, 2.24) is 5.32 Å². The van der Waals surface area contributed by atoms with Gasteiger partial charge in [-0.3, -0.25) is 0 Å². The Hall–Kier alpha value is -1.06. The monoisotopic (exact) mass is 276 g/mol. The molecule has 1 aliphatic rings. The molecular weight excluding hydrogens is 248 g/mol. The van der Waals surface area contributed by atoms with E-state index in [-0.39, 0.29) is 0 Å². The third-order valence-corrected chi connectivity index (χ3v) is 3.71. The summed E-state index contributed by atoms with van der Waals surface area (Å²) in [7, 11) is 2.13. The minimum Gasteiger partial charge on any atom is -0.379 e. The molecule has 112 valence electrons. The van der Waals surface area contributed by atoms with Crippen LogP contribution in [0.1, 0.15) is 32.3 Å². The second-order valence-corrected chi connectivity index (χ2v) is 6.14. The maximum atomic E-state index is 5.69. The molecule has 0 aliphatic heterocycles. The van der Waals surface area contributed by atoms with Crippen molar-refractivity contribution in [3.63, 3.8) is 0 Å². The van der Waals surface area contributed by atoms with E-state index in [1.54, 1.807) is 0 Å². The van der Waals surface area contributed by atoms with Crippen molar-refractivity contribution in [2.24, 2.45) is 5.92 Å². The van der Waals surface area contributed by atoms with Crippen molar-refractivity contribution in [2.45, 2.75) is 39.3 Å². The lowest BCUT2D eigenvalue weighted by Crippen LogP contribution is -2.23. The van der Waals surface area contributed by atoms with Gasteiger partial charge in [-0.05, 0) is 36.5 Å². The van der Waals surface area contributed by atoms with Crippen LogP contribution in [0.3, 0.4) is 0 Å². The Bertz CT molecular complexity index is 384. The zero-order valence-corrected chi connectivity index (χ0v) is 13.1. The molecule has 1 aromatic rings. The van der Waals surface area contributed by atoms with Gasteiger partial charge in [-0.15, -0.1) is 0 Å². The molecule has 3 heteroatoms. The molecular formula is C17H28N2O. The van der Waals surface area contributed by atoms with E-state index < -0.39 is 0 Å². The van der Waals surface area contributed by atoms with Crippen molar-refractivity contribution in [1.29, 1.82) is 0 Å². The number of nitrogens with zero attached hydrogens (tertiary/aromatic N) is 1. The predicted octanol–water partition coefficient (Wildman–Crippen LogP) is 3.05. The molecule has 1 N–H and O–H groups in total. The number of hydrogen-bond donors (Lipinski definition) is 1. The topological polar surface area (TPSA) is 24.5 Å². The number of hydrogen-bond acceptors (Lipinski definition) is 3. The molecule has 1 aromatic carbocycles. The van der Waals surface area contributed by atoms with E-state index in [9.17, 15) is 0 Å². The van der Waals surface area contributed by atoms with Crippen molar-refractivity contribution in [3.8, 4) is 0 Å². The molecule has 0 spiro atoms. The maximum absolute atomic E-state index is 5.69. The van der Waals surface area contributed by atoms with Gasteiger partial charge in [-0.25, -0.2) is 0 Å². The molecule has 0 unspecified atom stereocenters. The van der Waals surface area contributed by atoms with Crippen LogP contribution in [0.2, 0.25) is 0 Å². The van der Waals surface area contributed by atoms with Crippen LogP contribution < -0.4 is 10.2 Å². The van der Waals surface area contributed by atoms with Gasteiger partial charge >= 0.3 is 0 Å². The quantitative estimate of drug-likeness (QED) is 0.702. The molecule has 0 bridgehead atoms. The summed E-state index contributed by atoms with van der Waals surface area (Å²) in [6.45, 7) is 8.01. The van der Waals surface area contributed by atoms with Crippen LogP contribution in [0.5, 0.6) is 0 Å². The average molecular weight is 276 g/mol. The highest BCUT2D eigenvalue weighted by atomic mass is 16.5. The lowest BCUT2D eigenvalue weighted by Gasteiger charge is -2.19. The molecule has 0 heterocycles. The van der Waals surface area contributed by atoms with Gasteiger partial charge in [0.25, 0.3) is 0 Å². The fourth-order valence-electron chi connectivity index (χ4n) is 2.06. The van der Waals surface area contributed by atoms with E-state index in [2.05, 4.69) is 55.4 Å². The second-order valence-electron chi connectivity index (χ2n) is 6.14. The Morgan fingerprint density at radius 3 is 2.55 bits per heavy atom. The van der Waals surface area contributed by atoms with Crippen molar-refractivity contribution in [2.75, 3.05) is 31.7 Å². The Morgan fingerprint density at radius 2 is 1.95 bits per heavy atom. The van der Waals surface area contributed by atoms with Gasteiger partial charge in [-0.1, -0.05) is 26.0 Å². The Labute approximate surface area is 123 Å². The first-order valence-electron chi connectivity index (χ1n) is 7.76. The van der Waals surface area contributed by atoms with E-state index in [0.717, 1.165) is 32.2 Å². The number of ether oxygens (including phenoxy) is 1. The normalized spacial score (nSPS) is 14.8. The lowest BCUT2D eigenvalue weighted by molar-refractivity contribution is 0.131. The SMILES string of the molecule is CC(C)NCc1ccc(N(C)CCOCC2CC2)cc1. The molecule has 1 fully saturated rings. The Kier molecular flexibility index (Phi) is 5.86. The van der Waals surface area contributed by atoms with Gasteiger partial charge in [0.2, 0.25) is 0 Å². The van der Waals surface area contributed by atoms with Gasteiger partial charge < -0.3 is 15.0 Å². The van der Waals surface area contributed by atoms with Crippen LogP contribution in [0, 0.1) is 5.92 Å². The van der Waals surface area contributed by atoms with Gasteiger partial charge in [0.15, 0.2) is 0 Å². The average Bonchev–Trinajstić information content (AvgIpc) is 3.26. The second kappa shape index (κ2) is 7.65. The van der Waals surface area contributed by atoms with E-state index in [1.165, 1.54) is 24.1 Å². The summed E-state index contributed by atoms with van der Waals surface area (Å²) in [6.07, 6.45) is 2.73. The van der Waals surface area contributed by atoms with E-state index >= 15 is 0 Å². The first-order valence-corrected chi connectivity index (χ1v) is 7.76. The van der Waals surface area contributed by atoms with Gasteiger partial charge in [0.05, 0.1) is 6.61 Å². The van der Waals surface area contributed by atoms with Crippen molar-refractivity contribution < 1.29 is 4.74 Å². The zero-order chi connectivity index (χ0) is 14.4. The zero-order valence-electron chi connectivity index (χ0n) is 13.1. The highest BCUT2D eigenvalue weighted by Gasteiger charge is 2.20. The highest BCUT2D eigenvalue weighted by Crippen LogP contribution is 2.28. The lowest BCUT2D eigenvalue weighted by atomic mass is 10.2. The fourth-order valence-corrected chi connectivity index (χ4v) is 2.06. The Morgan fingerprint density at radius 1 is 1.25 bits per heavy atom. The Balaban J connectivity index is 1.70. The standard InChI is InChI=1S/C17H28N2O/c1-14(2)18-12-15-6-8-17(9-7-15)19(3)10-11-20-13-16-4-5-16/h6-9,14,16,18H,4-5,10-13H2,1-3H3. The third kappa shape index (κ3) is 5.51. The summed E-state index contributed by atoms with van der Waals surface area (Å²) in [6, 6.07) is 9.32. The van der Waals surface area contributed by atoms with E-state index in [1.807, 2.05) is 0 Å². The van der Waals surface area contributed by atoms with Crippen LogP contribution >= 0.6 is 0 Å². The molecule has 20 heavy (non-hydrogen) atoms. The number of rotatable bonds is 9. The molecule has 1 saturated carbocycles. The summed E-state index contributed by atoms with van der Waals surface area (Å²) in [5, 5.41) is 3.44. The molecule has 0 radical (unpaired) electrons. The number of anilines is 1. The van der Waals surface area contributed by atoms with Gasteiger partial charge in [-0.2, -0.15) is 0 Å². The summed E-state index contributed by atoms with van der Waals surface area (Å²) in [4.78, 5) is 2.26. The minimum absolute atomic E-state index is 0.529. The maximum Gasteiger partial charge on any atom is 0.0641 e. The molecule has 0 amide bonds. The number of benzene rings is 1. The predicted molar refractivity (Wildman–Crippen MR) is 85.2 cm³/mol. The van der Waals surface area contributed by atoms with Crippen LogP contribution in [0.25, 0.3) is 0 Å². The number of nitrogens with one attached hydrogen (secondary N) is 1. The van der Waals surface area contributed by atoms with Gasteiger partial charge in [0, 0.05) is 38.5 Å². The van der Waals surface area contributed by atoms with E-state index in [4.69, 9.17) is 4.74 Å². The van der Waals surface area contributed by atoms with Crippen LogP contribution in [0.4, 0.5) is 5.69 Å². The first kappa shape index (κ1) is 15.3. The molecule has 3 nitrogen and oxygen atoms in total. The largest absolute Gasteiger partial charge is 0.379 e. The molecule has 0 saturated heterocycles. The fraction of sp³-hybridized carbons (Fsp3) is 0.647.